The summed E-state index contributed by atoms with van der Waals surface area (Å²) in [5, 5.41) is 1.20. The Morgan fingerprint density at radius 1 is 1.27 bits per heavy atom. The first kappa shape index (κ1) is 9.40. The Balaban J connectivity index is 3.17. The molecule has 1 unspecified atom stereocenters. The SMILES string of the molecule is [SiH3]C(Cl)c1cccc(Cl)c1Cl. The molecule has 0 heterocycles. The van der Waals surface area contributed by atoms with Crippen molar-refractivity contribution < 1.29 is 0 Å². The lowest BCUT2D eigenvalue weighted by molar-refractivity contribution is 1.35. The lowest BCUT2D eigenvalue weighted by atomic mass is 10.2. The van der Waals surface area contributed by atoms with Crippen molar-refractivity contribution in [3.63, 3.8) is 0 Å². The van der Waals surface area contributed by atoms with E-state index in [0.717, 1.165) is 15.8 Å². The van der Waals surface area contributed by atoms with Gasteiger partial charge in [0.25, 0.3) is 0 Å². The van der Waals surface area contributed by atoms with Gasteiger partial charge < -0.3 is 0 Å². The summed E-state index contributed by atoms with van der Waals surface area (Å²) in [6, 6.07) is 5.52. The summed E-state index contributed by atoms with van der Waals surface area (Å²) in [6.45, 7) is 0. The van der Waals surface area contributed by atoms with Gasteiger partial charge in [-0.15, -0.1) is 11.6 Å². The molecule has 0 spiro atoms. The normalized spacial score (nSPS) is 13.4. The lowest BCUT2D eigenvalue weighted by Crippen LogP contribution is -1.89. The highest BCUT2D eigenvalue weighted by Gasteiger charge is 2.07. The molecular formula is C7H7Cl3Si. The largest absolute Gasteiger partial charge is 0.123 e. The van der Waals surface area contributed by atoms with E-state index < -0.39 is 0 Å². The zero-order valence-electron chi connectivity index (χ0n) is 5.94. The van der Waals surface area contributed by atoms with Gasteiger partial charge in [-0.1, -0.05) is 35.3 Å². The van der Waals surface area contributed by atoms with E-state index in [9.17, 15) is 0 Å². The third-order valence-electron chi connectivity index (χ3n) is 1.41. The lowest BCUT2D eigenvalue weighted by Gasteiger charge is -2.06. The standard InChI is InChI=1S/C7H7Cl3Si/c8-5-3-1-2-4(6(5)9)7(10)11/h1-3,7H,11H3. The van der Waals surface area contributed by atoms with Crippen molar-refractivity contribution in [3.05, 3.63) is 33.8 Å². The van der Waals surface area contributed by atoms with Crippen LogP contribution in [0.5, 0.6) is 0 Å². The molecule has 1 atom stereocenters. The van der Waals surface area contributed by atoms with E-state index in [1.165, 1.54) is 0 Å². The number of halogens is 3. The van der Waals surface area contributed by atoms with E-state index in [0.29, 0.717) is 10.0 Å². The summed E-state index contributed by atoms with van der Waals surface area (Å²) in [7, 11) is 0.875. The Morgan fingerprint density at radius 3 is 2.36 bits per heavy atom. The Labute approximate surface area is 83.9 Å². The minimum Gasteiger partial charge on any atom is -0.123 e. The van der Waals surface area contributed by atoms with Crippen LogP contribution in [0.3, 0.4) is 0 Å². The molecule has 1 aromatic carbocycles. The highest BCUT2D eigenvalue weighted by atomic mass is 35.5. The molecule has 0 amide bonds. The fourth-order valence-corrected chi connectivity index (χ4v) is 2.20. The Bertz CT molecular complexity index is 260. The van der Waals surface area contributed by atoms with Gasteiger partial charge in [0.2, 0.25) is 0 Å². The minimum atomic E-state index is 0.0428. The van der Waals surface area contributed by atoms with Crippen molar-refractivity contribution in [2.24, 2.45) is 0 Å². The van der Waals surface area contributed by atoms with Gasteiger partial charge in [-0.2, -0.15) is 0 Å². The van der Waals surface area contributed by atoms with Crippen LogP contribution in [0.4, 0.5) is 0 Å². The van der Waals surface area contributed by atoms with Gasteiger partial charge >= 0.3 is 0 Å². The number of benzene rings is 1. The van der Waals surface area contributed by atoms with Crippen molar-refractivity contribution in [1.29, 1.82) is 0 Å². The average Bonchev–Trinajstić information content (AvgIpc) is 1.94. The monoisotopic (exact) mass is 224 g/mol. The maximum atomic E-state index is 5.90. The molecule has 0 aliphatic rings. The van der Waals surface area contributed by atoms with E-state index in [-0.39, 0.29) is 5.00 Å². The maximum absolute atomic E-state index is 5.90. The van der Waals surface area contributed by atoms with Crippen molar-refractivity contribution in [1.82, 2.24) is 0 Å². The summed E-state index contributed by atoms with van der Waals surface area (Å²) >= 11 is 17.6. The van der Waals surface area contributed by atoms with Crippen LogP contribution in [0, 0.1) is 0 Å². The van der Waals surface area contributed by atoms with E-state index in [1.54, 1.807) is 6.07 Å². The van der Waals surface area contributed by atoms with E-state index >= 15 is 0 Å². The van der Waals surface area contributed by atoms with Gasteiger partial charge in [-0.3, -0.25) is 0 Å². The molecule has 11 heavy (non-hydrogen) atoms. The van der Waals surface area contributed by atoms with Crippen LogP contribution in [-0.2, 0) is 0 Å². The molecule has 1 aromatic rings. The van der Waals surface area contributed by atoms with Crippen LogP contribution in [-0.4, -0.2) is 10.2 Å². The van der Waals surface area contributed by atoms with E-state index in [2.05, 4.69) is 0 Å². The fraction of sp³-hybridized carbons (Fsp3) is 0.143. The molecule has 60 valence electrons. The van der Waals surface area contributed by atoms with Crippen molar-refractivity contribution >= 4 is 45.0 Å². The van der Waals surface area contributed by atoms with Crippen molar-refractivity contribution in [2.45, 2.75) is 5.00 Å². The fourth-order valence-electron chi connectivity index (χ4n) is 0.828. The van der Waals surface area contributed by atoms with E-state index in [4.69, 9.17) is 34.8 Å². The van der Waals surface area contributed by atoms with Gasteiger partial charge in [-0.05, 0) is 11.6 Å². The molecule has 0 saturated heterocycles. The van der Waals surface area contributed by atoms with Crippen LogP contribution in [0.1, 0.15) is 10.6 Å². The minimum absolute atomic E-state index is 0.0428. The molecule has 0 aromatic heterocycles. The summed E-state index contributed by atoms with van der Waals surface area (Å²) < 4.78 is 0. The van der Waals surface area contributed by atoms with Crippen LogP contribution >= 0.6 is 34.8 Å². The number of hydrogen-bond donors (Lipinski definition) is 0. The Morgan fingerprint density at radius 2 is 1.91 bits per heavy atom. The molecule has 0 nitrogen and oxygen atoms in total. The van der Waals surface area contributed by atoms with Crippen LogP contribution < -0.4 is 0 Å². The molecule has 4 heteroatoms. The average molecular weight is 226 g/mol. The summed E-state index contributed by atoms with van der Waals surface area (Å²) in [6.07, 6.45) is 0. The third-order valence-corrected chi connectivity index (χ3v) is 3.10. The molecular weight excluding hydrogens is 219 g/mol. The summed E-state index contributed by atoms with van der Waals surface area (Å²) in [4.78, 5) is 0. The maximum Gasteiger partial charge on any atom is 0.0635 e. The predicted molar refractivity (Wildman–Crippen MR) is 55.0 cm³/mol. The van der Waals surface area contributed by atoms with Gasteiger partial charge in [0.05, 0.1) is 10.0 Å². The molecule has 0 aliphatic heterocycles. The molecule has 0 fully saturated rings. The second-order valence-corrected chi connectivity index (χ2v) is 5.59. The van der Waals surface area contributed by atoms with Crippen LogP contribution in [0.15, 0.2) is 18.2 Å². The Hall–Kier alpha value is 0.307. The zero-order chi connectivity index (χ0) is 8.43. The predicted octanol–water partition coefficient (Wildman–Crippen LogP) is 2.60. The van der Waals surface area contributed by atoms with Gasteiger partial charge in [0.1, 0.15) is 0 Å². The molecule has 0 saturated carbocycles. The molecule has 0 radical (unpaired) electrons. The third kappa shape index (κ3) is 2.12. The smallest absolute Gasteiger partial charge is 0.0635 e. The zero-order valence-corrected chi connectivity index (χ0v) is 10.2. The van der Waals surface area contributed by atoms with Crippen LogP contribution in [0.2, 0.25) is 10.0 Å². The number of alkyl halides is 1. The van der Waals surface area contributed by atoms with E-state index in [1.807, 2.05) is 12.1 Å². The number of rotatable bonds is 1. The second kappa shape index (κ2) is 3.81. The van der Waals surface area contributed by atoms with Gasteiger partial charge in [0, 0.05) is 15.2 Å². The van der Waals surface area contributed by atoms with Gasteiger partial charge in [0.15, 0.2) is 0 Å². The molecule has 0 bridgehead atoms. The first-order valence-corrected chi connectivity index (χ1v) is 5.55. The summed E-state index contributed by atoms with van der Waals surface area (Å²) in [5.74, 6) is 0. The first-order chi connectivity index (χ1) is 5.13. The molecule has 1 rings (SSSR count). The van der Waals surface area contributed by atoms with Gasteiger partial charge in [-0.25, -0.2) is 0 Å². The molecule has 0 aliphatic carbocycles. The van der Waals surface area contributed by atoms with Crippen molar-refractivity contribution in [3.8, 4) is 0 Å². The highest BCUT2D eigenvalue weighted by Crippen LogP contribution is 2.30. The molecule has 0 N–H and O–H groups in total. The first-order valence-electron chi connectivity index (χ1n) is 3.21. The topological polar surface area (TPSA) is 0 Å². The Kier molecular flexibility index (Phi) is 3.25. The number of hydrogen-bond acceptors (Lipinski definition) is 0. The van der Waals surface area contributed by atoms with Crippen molar-refractivity contribution in [2.75, 3.05) is 0 Å². The van der Waals surface area contributed by atoms with Crippen LogP contribution in [0.25, 0.3) is 0 Å². The summed E-state index contributed by atoms with van der Waals surface area (Å²) in [5.41, 5.74) is 0.938. The quantitative estimate of drug-likeness (QED) is 0.509. The second-order valence-electron chi connectivity index (χ2n) is 2.26. The highest BCUT2D eigenvalue weighted by molar-refractivity contribution is 6.45.